The molecule has 27 heavy (non-hydrogen) atoms. The van der Waals surface area contributed by atoms with Gasteiger partial charge in [0, 0.05) is 28.7 Å². The topological polar surface area (TPSA) is 111 Å². The molecule has 1 heterocycles. The Balaban J connectivity index is 0.00000261. The van der Waals surface area contributed by atoms with Crippen molar-refractivity contribution >= 4 is 47.1 Å². The monoisotopic (exact) mass is 428 g/mol. The Morgan fingerprint density at radius 2 is 2.26 bits per heavy atom. The molecule has 0 saturated heterocycles. The number of nitro benzene ring substituents is 1. The fraction of sp³-hybridized carbons (Fsp3) is 0.412. The summed E-state index contributed by atoms with van der Waals surface area (Å²) in [7, 11) is 0. The predicted octanol–water partition coefficient (Wildman–Crippen LogP) is 3.79. The van der Waals surface area contributed by atoms with E-state index in [4.69, 9.17) is 5.73 Å². The van der Waals surface area contributed by atoms with Crippen LogP contribution in [0.15, 0.2) is 32.8 Å². The molecule has 0 spiro atoms. The fourth-order valence-electron chi connectivity index (χ4n) is 3.12. The molecule has 2 aromatic rings. The quantitative estimate of drug-likeness (QED) is 0.534. The van der Waals surface area contributed by atoms with E-state index in [1.54, 1.807) is 12.1 Å². The van der Waals surface area contributed by atoms with Crippen LogP contribution < -0.4 is 11.1 Å². The molecule has 1 fully saturated rings. The van der Waals surface area contributed by atoms with E-state index in [1.165, 1.54) is 29.2 Å². The van der Waals surface area contributed by atoms with Crippen molar-refractivity contribution in [1.29, 1.82) is 0 Å². The van der Waals surface area contributed by atoms with Gasteiger partial charge in [0.25, 0.3) is 11.6 Å². The number of thiazole rings is 1. The van der Waals surface area contributed by atoms with Crippen LogP contribution in [0.5, 0.6) is 0 Å². The predicted molar refractivity (Wildman–Crippen MR) is 109 cm³/mol. The summed E-state index contributed by atoms with van der Waals surface area (Å²) in [6, 6.07) is 4.62. The molecule has 1 aliphatic rings. The van der Waals surface area contributed by atoms with Crippen molar-refractivity contribution in [3.8, 4) is 0 Å². The van der Waals surface area contributed by atoms with Gasteiger partial charge >= 0.3 is 0 Å². The molecule has 2 atom stereocenters. The van der Waals surface area contributed by atoms with E-state index >= 15 is 0 Å². The minimum absolute atomic E-state index is 0. The summed E-state index contributed by atoms with van der Waals surface area (Å²) in [6.45, 7) is 2.41. The van der Waals surface area contributed by atoms with Crippen molar-refractivity contribution in [2.75, 3.05) is 6.54 Å². The van der Waals surface area contributed by atoms with Crippen molar-refractivity contribution < 1.29 is 9.72 Å². The number of hydrogen-bond donors (Lipinski definition) is 2. The highest BCUT2D eigenvalue weighted by molar-refractivity contribution is 8.01. The van der Waals surface area contributed by atoms with Gasteiger partial charge < -0.3 is 11.1 Å². The zero-order valence-electron chi connectivity index (χ0n) is 14.7. The van der Waals surface area contributed by atoms with Gasteiger partial charge in [-0.15, -0.1) is 23.7 Å². The van der Waals surface area contributed by atoms with Crippen molar-refractivity contribution in [2.24, 2.45) is 11.7 Å². The number of benzene rings is 1. The Labute approximate surface area is 171 Å². The minimum Gasteiger partial charge on any atom is -0.349 e. The number of carbonyl (C=O) groups is 1. The second kappa shape index (κ2) is 9.50. The number of rotatable bonds is 6. The van der Waals surface area contributed by atoms with Crippen molar-refractivity contribution in [3.63, 3.8) is 0 Å². The maximum Gasteiger partial charge on any atom is 0.284 e. The van der Waals surface area contributed by atoms with Gasteiger partial charge in [-0.05, 0) is 44.4 Å². The summed E-state index contributed by atoms with van der Waals surface area (Å²) in [4.78, 5) is 28.3. The van der Waals surface area contributed by atoms with Gasteiger partial charge in [0.05, 0.1) is 9.82 Å². The molecule has 3 rings (SSSR count). The number of nitro groups is 1. The molecule has 0 aliphatic heterocycles. The molecule has 1 amide bonds. The van der Waals surface area contributed by atoms with Crippen LogP contribution in [-0.2, 0) is 0 Å². The van der Waals surface area contributed by atoms with Gasteiger partial charge in [0.15, 0.2) is 4.34 Å². The molecule has 0 radical (unpaired) electrons. The number of carbonyl (C=O) groups excluding carboxylic acids is 1. The highest BCUT2D eigenvalue weighted by atomic mass is 35.5. The Kier molecular flexibility index (Phi) is 7.60. The minimum atomic E-state index is -0.460. The smallest absolute Gasteiger partial charge is 0.284 e. The van der Waals surface area contributed by atoms with Crippen LogP contribution in [0, 0.1) is 23.0 Å². The van der Waals surface area contributed by atoms with Gasteiger partial charge in [-0.25, -0.2) is 4.98 Å². The van der Waals surface area contributed by atoms with E-state index in [2.05, 4.69) is 10.3 Å². The largest absolute Gasteiger partial charge is 0.349 e. The van der Waals surface area contributed by atoms with E-state index in [1.807, 2.05) is 12.3 Å². The lowest BCUT2D eigenvalue weighted by Crippen LogP contribution is -2.39. The molecule has 2 unspecified atom stereocenters. The number of aryl methyl sites for hydroxylation is 1. The molecule has 0 bridgehead atoms. The Morgan fingerprint density at radius 1 is 1.48 bits per heavy atom. The van der Waals surface area contributed by atoms with E-state index in [-0.39, 0.29) is 36.0 Å². The third kappa shape index (κ3) is 5.19. The number of halogens is 1. The summed E-state index contributed by atoms with van der Waals surface area (Å²) >= 11 is 2.68. The highest BCUT2D eigenvalue weighted by Gasteiger charge is 2.28. The van der Waals surface area contributed by atoms with E-state index in [9.17, 15) is 14.9 Å². The summed E-state index contributed by atoms with van der Waals surface area (Å²) in [5.74, 6) is -0.0167. The maximum absolute atomic E-state index is 12.5. The third-order valence-electron chi connectivity index (χ3n) is 4.49. The fourth-order valence-corrected chi connectivity index (χ4v) is 5.00. The number of nitrogens with one attached hydrogen (secondary N) is 1. The average Bonchev–Trinajstić information content (AvgIpc) is 3.23. The third-order valence-corrected chi connectivity index (χ3v) is 6.61. The molecule has 7 nitrogen and oxygen atoms in total. The molecular formula is C17H21ClN4O3S2. The SMILES string of the molecule is Cc1csc(Sc2ccc(C(=O)NC3CCCC3CN)cc2[N+](=O)[O-])n1.Cl. The number of amides is 1. The first-order chi connectivity index (χ1) is 12.5. The first-order valence-electron chi connectivity index (χ1n) is 8.37. The van der Waals surface area contributed by atoms with Crippen molar-refractivity contribution in [2.45, 2.75) is 41.5 Å². The molecule has 10 heteroatoms. The van der Waals surface area contributed by atoms with Gasteiger partial charge in [0.2, 0.25) is 0 Å². The highest BCUT2D eigenvalue weighted by Crippen LogP contribution is 2.37. The van der Waals surface area contributed by atoms with Crippen LogP contribution in [-0.4, -0.2) is 28.4 Å². The van der Waals surface area contributed by atoms with Crippen LogP contribution in [0.3, 0.4) is 0 Å². The van der Waals surface area contributed by atoms with Gasteiger partial charge in [-0.2, -0.15) is 0 Å². The van der Waals surface area contributed by atoms with Crippen LogP contribution in [0.4, 0.5) is 5.69 Å². The molecule has 1 aromatic heterocycles. The zero-order valence-corrected chi connectivity index (χ0v) is 17.2. The Bertz CT molecular complexity index is 830. The average molecular weight is 429 g/mol. The molecule has 1 aromatic carbocycles. The van der Waals surface area contributed by atoms with Crippen LogP contribution in [0.1, 0.15) is 35.3 Å². The first kappa shape index (κ1) is 21.6. The normalized spacial score (nSPS) is 18.7. The zero-order chi connectivity index (χ0) is 18.7. The second-order valence-electron chi connectivity index (χ2n) is 6.30. The van der Waals surface area contributed by atoms with E-state index in [0.717, 1.165) is 29.3 Å². The number of nitrogens with zero attached hydrogens (tertiary/aromatic N) is 2. The number of nitrogens with two attached hydrogens (primary N) is 1. The van der Waals surface area contributed by atoms with Crippen LogP contribution in [0.2, 0.25) is 0 Å². The maximum atomic E-state index is 12.5. The lowest BCUT2D eigenvalue weighted by Gasteiger charge is -2.19. The summed E-state index contributed by atoms with van der Waals surface area (Å²) < 4.78 is 0.736. The van der Waals surface area contributed by atoms with Gasteiger partial charge in [-0.1, -0.05) is 18.2 Å². The van der Waals surface area contributed by atoms with Crippen LogP contribution in [0.25, 0.3) is 0 Å². The number of hydrogen-bond acceptors (Lipinski definition) is 7. The molecule has 3 N–H and O–H groups in total. The Morgan fingerprint density at radius 3 is 2.89 bits per heavy atom. The standard InChI is InChI=1S/C17H20N4O3S2.ClH/c1-10-9-25-17(19-10)26-15-6-5-11(7-14(15)21(23)24)16(22)20-13-4-2-3-12(13)8-18;/h5-7,9,12-13H,2-4,8,18H2,1H3,(H,20,22);1H. The molecule has 1 aliphatic carbocycles. The van der Waals surface area contributed by atoms with Crippen molar-refractivity contribution in [1.82, 2.24) is 10.3 Å². The van der Waals surface area contributed by atoms with E-state index in [0.29, 0.717) is 17.0 Å². The summed E-state index contributed by atoms with van der Waals surface area (Å²) in [5, 5.41) is 16.3. The summed E-state index contributed by atoms with van der Waals surface area (Å²) in [5.41, 5.74) is 6.83. The summed E-state index contributed by atoms with van der Waals surface area (Å²) in [6.07, 6.45) is 2.94. The van der Waals surface area contributed by atoms with Crippen LogP contribution >= 0.6 is 35.5 Å². The lowest BCUT2D eigenvalue weighted by molar-refractivity contribution is -0.387. The van der Waals surface area contributed by atoms with Gasteiger partial charge in [0.1, 0.15) is 0 Å². The lowest BCUT2D eigenvalue weighted by atomic mass is 10.0. The molecule has 1 saturated carbocycles. The van der Waals surface area contributed by atoms with Gasteiger partial charge in [-0.3, -0.25) is 14.9 Å². The first-order valence-corrected chi connectivity index (χ1v) is 10.1. The van der Waals surface area contributed by atoms with Crippen molar-refractivity contribution in [3.05, 3.63) is 45.0 Å². The van der Waals surface area contributed by atoms with E-state index < -0.39 is 4.92 Å². The number of aromatic nitrogens is 1. The second-order valence-corrected chi connectivity index (χ2v) is 8.45. The Hall–Kier alpha value is -1.68. The molecular weight excluding hydrogens is 408 g/mol. The molecule has 146 valence electrons.